The Morgan fingerprint density at radius 3 is 2.60 bits per heavy atom. The molecule has 0 heterocycles. The second kappa shape index (κ2) is 2.27. The van der Waals surface area contributed by atoms with Gasteiger partial charge in [-0.1, -0.05) is 13.8 Å². The molecule has 0 spiro atoms. The highest BCUT2D eigenvalue weighted by Crippen LogP contribution is 2.54. The van der Waals surface area contributed by atoms with E-state index in [0.717, 1.165) is 12.3 Å². The summed E-state index contributed by atoms with van der Waals surface area (Å²) in [4.78, 5) is 0. The molecule has 2 unspecified atom stereocenters. The summed E-state index contributed by atoms with van der Waals surface area (Å²) in [5.41, 5.74) is 0.0459. The molecule has 56 valence electrons. The smallest absolute Gasteiger partial charge is 0.0689 e. The first-order valence-corrected chi connectivity index (χ1v) is 4.00. The Morgan fingerprint density at radius 2 is 2.30 bits per heavy atom. The summed E-state index contributed by atoms with van der Waals surface area (Å²) in [6.45, 7) is 6.51. The van der Waals surface area contributed by atoms with E-state index in [1.54, 1.807) is 0 Å². The maximum absolute atomic E-state index is 8.70. The van der Waals surface area contributed by atoms with E-state index < -0.39 is 0 Å². The SMILES string of the molecule is CC(C)CC1CC1(C)C#N. The Labute approximate surface area is 63.0 Å². The summed E-state index contributed by atoms with van der Waals surface area (Å²) in [6.07, 6.45) is 2.35. The molecule has 10 heavy (non-hydrogen) atoms. The van der Waals surface area contributed by atoms with Gasteiger partial charge in [0.2, 0.25) is 0 Å². The van der Waals surface area contributed by atoms with Gasteiger partial charge in [-0.25, -0.2) is 0 Å². The molecule has 0 aromatic heterocycles. The minimum atomic E-state index is 0.0459. The fraction of sp³-hybridized carbons (Fsp3) is 0.889. The van der Waals surface area contributed by atoms with Gasteiger partial charge >= 0.3 is 0 Å². The van der Waals surface area contributed by atoms with Crippen LogP contribution in [0.25, 0.3) is 0 Å². The van der Waals surface area contributed by atoms with Crippen molar-refractivity contribution in [2.24, 2.45) is 17.3 Å². The van der Waals surface area contributed by atoms with Gasteiger partial charge in [0.1, 0.15) is 0 Å². The van der Waals surface area contributed by atoms with Gasteiger partial charge in [0.25, 0.3) is 0 Å². The topological polar surface area (TPSA) is 23.8 Å². The molecule has 0 aromatic rings. The van der Waals surface area contributed by atoms with Crippen LogP contribution in [0.15, 0.2) is 0 Å². The van der Waals surface area contributed by atoms with Crippen molar-refractivity contribution in [1.82, 2.24) is 0 Å². The number of hydrogen-bond acceptors (Lipinski definition) is 1. The first kappa shape index (κ1) is 7.60. The molecule has 0 N–H and O–H groups in total. The molecule has 1 aliphatic rings. The maximum Gasteiger partial charge on any atom is 0.0689 e. The molecular weight excluding hydrogens is 122 g/mol. The largest absolute Gasteiger partial charge is 0.198 e. The fourth-order valence-corrected chi connectivity index (χ4v) is 1.50. The van der Waals surface area contributed by atoms with E-state index in [4.69, 9.17) is 5.26 Å². The zero-order valence-electron chi connectivity index (χ0n) is 7.02. The average molecular weight is 137 g/mol. The summed E-state index contributed by atoms with van der Waals surface area (Å²) in [6, 6.07) is 2.37. The lowest BCUT2D eigenvalue weighted by molar-refractivity contribution is 0.491. The lowest BCUT2D eigenvalue weighted by Gasteiger charge is -2.03. The van der Waals surface area contributed by atoms with E-state index in [-0.39, 0.29) is 5.41 Å². The molecule has 1 aliphatic carbocycles. The van der Waals surface area contributed by atoms with Crippen molar-refractivity contribution < 1.29 is 0 Å². The average Bonchev–Trinajstić information content (AvgIpc) is 2.43. The minimum Gasteiger partial charge on any atom is -0.198 e. The molecule has 0 amide bonds. The molecule has 1 nitrogen and oxygen atoms in total. The van der Waals surface area contributed by atoms with Crippen LogP contribution >= 0.6 is 0 Å². The number of hydrogen-bond donors (Lipinski definition) is 0. The molecule has 0 aliphatic heterocycles. The summed E-state index contributed by atoms with van der Waals surface area (Å²) in [5.74, 6) is 1.44. The molecule has 0 radical (unpaired) electrons. The van der Waals surface area contributed by atoms with Gasteiger partial charge in [-0.15, -0.1) is 0 Å². The molecule has 1 rings (SSSR count). The van der Waals surface area contributed by atoms with Crippen molar-refractivity contribution in [2.45, 2.75) is 33.6 Å². The van der Waals surface area contributed by atoms with Gasteiger partial charge < -0.3 is 0 Å². The van der Waals surface area contributed by atoms with Crippen molar-refractivity contribution in [3.8, 4) is 6.07 Å². The standard InChI is InChI=1S/C9H15N/c1-7(2)4-8-5-9(8,3)6-10/h7-8H,4-5H2,1-3H3. The van der Waals surface area contributed by atoms with Crippen LogP contribution in [0.1, 0.15) is 33.6 Å². The Bertz CT molecular complexity index is 166. The predicted molar refractivity (Wildman–Crippen MR) is 41.3 cm³/mol. The lowest BCUT2D eigenvalue weighted by Crippen LogP contribution is -1.96. The van der Waals surface area contributed by atoms with Gasteiger partial charge in [-0.05, 0) is 31.6 Å². The van der Waals surface area contributed by atoms with E-state index in [9.17, 15) is 0 Å². The maximum atomic E-state index is 8.70. The zero-order chi connectivity index (χ0) is 7.78. The Hall–Kier alpha value is -0.510. The van der Waals surface area contributed by atoms with Crippen LogP contribution in [0, 0.1) is 28.6 Å². The summed E-state index contributed by atoms with van der Waals surface area (Å²) in [5, 5.41) is 8.70. The Kier molecular flexibility index (Phi) is 1.72. The van der Waals surface area contributed by atoms with Crippen LogP contribution in [-0.2, 0) is 0 Å². The van der Waals surface area contributed by atoms with Crippen molar-refractivity contribution in [3.05, 3.63) is 0 Å². The number of nitriles is 1. The zero-order valence-corrected chi connectivity index (χ0v) is 7.02. The Balaban J connectivity index is 2.33. The van der Waals surface area contributed by atoms with Crippen molar-refractivity contribution >= 4 is 0 Å². The normalized spacial score (nSPS) is 37.7. The molecule has 0 bridgehead atoms. The summed E-state index contributed by atoms with van der Waals surface area (Å²) in [7, 11) is 0. The molecule has 1 heteroatoms. The van der Waals surface area contributed by atoms with Crippen molar-refractivity contribution in [1.29, 1.82) is 5.26 Å². The third-order valence-electron chi connectivity index (χ3n) is 2.42. The molecule has 1 saturated carbocycles. The van der Waals surface area contributed by atoms with E-state index in [2.05, 4.69) is 26.8 Å². The van der Waals surface area contributed by atoms with Crippen LogP contribution in [0.2, 0.25) is 0 Å². The third kappa shape index (κ3) is 1.31. The molecule has 2 atom stereocenters. The van der Waals surface area contributed by atoms with Gasteiger partial charge in [-0.2, -0.15) is 5.26 Å². The number of rotatable bonds is 2. The highest BCUT2D eigenvalue weighted by Gasteiger charge is 2.50. The van der Waals surface area contributed by atoms with E-state index >= 15 is 0 Å². The van der Waals surface area contributed by atoms with Crippen LogP contribution in [0.3, 0.4) is 0 Å². The van der Waals surface area contributed by atoms with Gasteiger partial charge in [-0.3, -0.25) is 0 Å². The third-order valence-corrected chi connectivity index (χ3v) is 2.42. The summed E-state index contributed by atoms with van der Waals surface area (Å²) < 4.78 is 0. The molecular formula is C9H15N. The van der Waals surface area contributed by atoms with Gasteiger partial charge in [0.15, 0.2) is 0 Å². The second-order valence-corrected chi connectivity index (χ2v) is 4.06. The predicted octanol–water partition coefficient (Wildman–Crippen LogP) is 2.58. The van der Waals surface area contributed by atoms with E-state index in [1.807, 2.05) is 0 Å². The molecule has 0 aromatic carbocycles. The van der Waals surface area contributed by atoms with Crippen molar-refractivity contribution in [2.75, 3.05) is 0 Å². The molecule has 0 saturated heterocycles. The van der Waals surface area contributed by atoms with Crippen LogP contribution in [-0.4, -0.2) is 0 Å². The fourth-order valence-electron chi connectivity index (χ4n) is 1.50. The minimum absolute atomic E-state index is 0.0459. The van der Waals surface area contributed by atoms with E-state index in [1.165, 1.54) is 6.42 Å². The van der Waals surface area contributed by atoms with Crippen molar-refractivity contribution in [3.63, 3.8) is 0 Å². The van der Waals surface area contributed by atoms with Gasteiger partial charge in [0, 0.05) is 0 Å². The summed E-state index contributed by atoms with van der Waals surface area (Å²) >= 11 is 0. The monoisotopic (exact) mass is 137 g/mol. The van der Waals surface area contributed by atoms with Crippen LogP contribution in [0.5, 0.6) is 0 Å². The first-order chi connectivity index (χ1) is 4.58. The second-order valence-electron chi connectivity index (χ2n) is 4.06. The quantitative estimate of drug-likeness (QED) is 0.574. The van der Waals surface area contributed by atoms with E-state index in [0.29, 0.717) is 5.92 Å². The van der Waals surface area contributed by atoms with Crippen LogP contribution in [0.4, 0.5) is 0 Å². The Morgan fingerprint density at radius 1 is 1.70 bits per heavy atom. The molecule has 1 fully saturated rings. The highest BCUT2D eigenvalue weighted by molar-refractivity contribution is 5.12. The van der Waals surface area contributed by atoms with Gasteiger partial charge in [0.05, 0.1) is 11.5 Å². The lowest BCUT2D eigenvalue weighted by atomic mass is 10.0. The highest BCUT2D eigenvalue weighted by atomic mass is 14.5. The number of nitrogens with zero attached hydrogens (tertiary/aromatic N) is 1. The first-order valence-electron chi connectivity index (χ1n) is 4.00. The van der Waals surface area contributed by atoms with Crippen LogP contribution < -0.4 is 0 Å².